The van der Waals surface area contributed by atoms with Crippen molar-refractivity contribution in [1.29, 1.82) is 0 Å². The summed E-state index contributed by atoms with van der Waals surface area (Å²) in [6.07, 6.45) is 0.699. The first-order chi connectivity index (χ1) is 17.2. The number of hydrogen-bond acceptors (Lipinski definition) is 6. The fourth-order valence-electron chi connectivity index (χ4n) is 3.61. The van der Waals surface area contributed by atoms with Gasteiger partial charge in [-0.2, -0.15) is 0 Å². The first-order valence-corrected chi connectivity index (χ1v) is 12.7. The number of ether oxygens (including phenoxy) is 1. The highest BCUT2D eigenvalue weighted by Gasteiger charge is 2.24. The van der Waals surface area contributed by atoms with Crippen LogP contribution in [0.1, 0.15) is 29.3 Å². The molecule has 10 heteroatoms. The minimum absolute atomic E-state index is 0.0326. The summed E-state index contributed by atoms with van der Waals surface area (Å²) in [5.74, 6) is -1.76. The normalized spacial score (nSPS) is 12.4. The summed E-state index contributed by atoms with van der Waals surface area (Å²) in [5, 5.41) is -0.412. The van der Waals surface area contributed by atoms with E-state index in [1.165, 1.54) is 18.3 Å². The highest BCUT2D eigenvalue weighted by molar-refractivity contribution is 7.91. The van der Waals surface area contributed by atoms with Gasteiger partial charge in [0, 0.05) is 23.0 Å². The molecule has 0 aliphatic heterocycles. The van der Waals surface area contributed by atoms with Gasteiger partial charge >= 0.3 is 0 Å². The van der Waals surface area contributed by atoms with Crippen molar-refractivity contribution in [2.75, 3.05) is 5.75 Å². The number of benzene rings is 2. The van der Waals surface area contributed by atoms with Crippen molar-refractivity contribution in [3.8, 4) is 11.3 Å². The van der Waals surface area contributed by atoms with Crippen LogP contribution in [0.2, 0.25) is 0 Å². The van der Waals surface area contributed by atoms with Crippen molar-refractivity contribution in [1.82, 2.24) is 15.0 Å². The summed E-state index contributed by atoms with van der Waals surface area (Å²) < 4.78 is 60.1. The molecule has 4 rings (SSSR count). The SMILES string of the molecule is Cc1cc(-c2c[nH]c(=O)c(F)c2)nc(S(=O)(=O)CCC(OCc2ccccc2F)c2ccccc2)n1. The van der Waals surface area contributed by atoms with Crippen LogP contribution in [0.3, 0.4) is 0 Å². The first kappa shape index (κ1) is 25.3. The predicted molar refractivity (Wildman–Crippen MR) is 130 cm³/mol. The molecule has 0 aliphatic carbocycles. The van der Waals surface area contributed by atoms with E-state index in [0.717, 1.165) is 11.6 Å². The quantitative estimate of drug-likeness (QED) is 0.331. The van der Waals surface area contributed by atoms with E-state index >= 15 is 0 Å². The summed E-state index contributed by atoms with van der Waals surface area (Å²) in [7, 11) is -3.97. The van der Waals surface area contributed by atoms with Crippen LogP contribution in [0.25, 0.3) is 11.3 Å². The number of hydrogen-bond donors (Lipinski definition) is 1. The summed E-state index contributed by atoms with van der Waals surface area (Å²) in [6, 6.07) is 17.8. The van der Waals surface area contributed by atoms with Crippen molar-refractivity contribution in [3.05, 3.63) is 112 Å². The second-order valence-corrected chi connectivity index (χ2v) is 10.2. The number of nitrogens with one attached hydrogen (secondary N) is 1. The van der Waals surface area contributed by atoms with Crippen molar-refractivity contribution in [3.63, 3.8) is 0 Å². The van der Waals surface area contributed by atoms with Crippen molar-refractivity contribution in [2.45, 2.75) is 31.2 Å². The maximum atomic E-state index is 14.1. The summed E-state index contributed by atoms with van der Waals surface area (Å²) in [4.78, 5) is 21.8. The maximum absolute atomic E-state index is 14.1. The van der Waals surface area contributed by atoms with E-state index in [0.29, 0.717) is 11.3 Å². The van der Waals surface area contributed by atoms with Gasteiger partial charge in [0.15, 0.2) is 5.82 Å². The first-order valence-electron chi connectivity index (χ1n) is 11.1. The van der Waals surface area contributed by atoms with Gasteiger partial charge < -0.3 is 9.72 Å². The number of pyridine rings is 1. The second kappa shape index (κ2) is 10.9. The predicted octanol–water partition coefficient (Wildman–Crippen LogP) is 4.54. The van der Waals surface area contributed by atoms with E-state index in [4.69, 9.17) is 4.74 Å². The number of halogens is 2. The van der Waals surface area contributed by atoms with Gasteiger partial charge in [-0.05, 0) is 37.1 Å². The summed E-state index contributed by atoms with van der Waals surface area (Å²) in [6.45, 7) is 1.56. The molecular weight excluding hydrogens is 488 g/mol. The van der Waals surface area contributed by atoms with Crippen molar-refractivity contribution < 1.29 is 21.9 Å². The topological polar surface area (TPSA) is 102 Å². The van der Waals surface area contributed by atoms with Gasteiger partial charge in [0.25, 0.3) is 5.56 Å². The third kappa shape index (κ3) is 6.07. The molecule has 4 aromatic rings. The molecule has 1 unspecified atom stereocenters. The van der Waals surface area contributed by atoms with Crippen LogP contribution in [0, 0.1) is 18.6 Å². The molecule has 1 N–H and O–H groups in total. The Balaban J connectivity index is 1.57. The molecule has 0 amide bonds. The fraction of sp³-hybridized carbons (Fsp3) is 0.192. The lowest BCUT2D eigenvalue weighted by atomic mass is 10.1. The van der Waals surface area contributed by atoms with Gasteiger partial charge in [-0.1, -0.05) is 48.5 Å². The Morgan fingerprint density at radius 3 is 2.42 bits per heavy atom. The maximum Gasteiger partial charge on any atom is 0.283 e. The summed E-state index contributed by atoms with van der Waals surface area (Å²) in [5.41, 5.74) is 0.955. The lowest BCUT2D eigenvalue weighted by molar-refractivity contribution is 0.0361. The highest BCUT2D eigenvalue weighted by Crippen LogP contribution is 2.26. The Morgan fingerprint density at radius 1 is 0.972 bits per heavy atom. The highest BCUT2D eigenvalue weighted by atomic mass is 32.2. The van der Waals surface area contributed by atoms with Gasteiger partial charge in [-0.15, -0.1) is 0 Å². The van der Waals surface area contributed by atoms with Crippen LogP contribution in [0.4, 0.5) is 8.78 Å². The third-order valence-electron chi connectivity index (χ3n) is 5.48. The van der Waals surface area contributed by atoms with Gasteiger partial charge in [0.1, 0.15) is 5.82 Å². The van der Waals surface area contributed by atoms with E-state index in [1.54, 1.807) is 25.1 Å². The fourth-order valence-corrected chi connectivity index (χ4v) is 4.83. The molecular formula is C26H23F2N3O4S. The van der Waals surface area contributed by atoms with E-state index in [1.807, 2.05) is 30.3 Å². The molecule has 2 heterocycles. The van der Waals surface area contributed by atoms with Crippen LogP contribution >= 0.6 is 0 Å². The van der Waals surface area contributed by atoms with Gasteiger partial charge in [-0.3, -0.25) is 4.79 Å². The van der Waals surface area contributed by atoms with E-state index in [9.17, 15) is 22.0 Å². The van der Waals surface area contributed by atoms with Gasteiger partial charge in [-0.25, -0.2) is 27.2 Å². The Hall–Kier alpha value is -3.76. The second-order valence-electron chi connectivity index (χ2n) is 8.15. The number of rotatable bonds is 9. The molecule has 2 aromatic heterocycles. The molecule has 2 aromatic carbocycles. The Morgan fingerprint density at radius 2 is 1.69 bits per heavy atom. The Kier molecular flexibility index (Phi) is 7.66. The largest absolute Gasteiger partial charge is 0.369 e. The molecule has 0 fully saturated rings. The van der Waals surface area contributed by atoms with Crippen molar-refractivity contribution >= 4 is 9.84 Å². The number of aryl methyl sites for hydroxylation is 1. The molecule has 0 aliphatic rings. The minimum atomic E-state index is -3.97. The molecule has 0 spiro atoms. The van der Waals surface area contributed by atoms with E-state index in [2.05, 4.69) is 15.0 Å². The lowest BCUT2D eigenvalue weighted by Gasteiger charge is -2.19. The third-order valence-corrected chi connectivity index (χ3v) is 7.00. The van der Waals surface area contributed by atoms with Crippen LogP contribution in [0.15, 0.2) is 82.9 Å². The van der Waals surface area contributed by atoms with Crippen LogP contribution in [-0.4, -0.2) is 29.1 Å². The molecule has 0 radical (unpaired) electrons. The zero-order valence-corrected chi connectivity index (χ0v) is 20.1. The average molecular weight is 512 g/mol. The summed E-state index contributed by atoms with van der Waals surface area (Å²) >= 11 is 0. The Labute approximate surface area is 206 Å². The smallest absolute Gasteiger partial charge is 0.283 e. The molecule has 1 atom stereocenters. The lowest BCUT2D eigenvalue weighted by Crippen LogP contribution is -2.16. The average Bonchev–Trinajstić information content (AvgIpc) is 2.87. The molecule has 7 nitrogen and oxygen atoms in total. The van der Waals surface area contributed by atoms with Crippen molar-refractivity contribution in [2.24, 2.45) is 0 Å². The Bertz CT molecular complexity index is 1530. The van der Waals surface area contributed by atoms with E-state index < -0.39 is 38.3 Å². The number of H-pyrrole nitrogens is 1. The number of aromatic amines is 1. The molecule has 0 bridgehead atoms. The number of aromatic nitrogens is 3. The standard InChI is InChI=1S/C26H23F2N3O4S/c1-17-13-23(20-14-22(28)25(32)29-15-20)31-26(30-17)36(33,34)12-11-24(18-7-3-2-4-8-18)35-16-19-9-5-6-10-21(19)27/h2-10,13-15,24H,11-12,16H2,1H3,(H,29,32). The molecule has 186 valence electrons. The van der Waals surface area contributed by atoms with Gasteiger partial charge in [0.05, 0.1) is 24.2 Å². The minimum Gasteiger partial charge on any atom is -0.369 e. The molecule has 0 saturated heterocycles. The molecule has 36 heavy (non-hydrogen) atoms. The number of sulfone groups is 1. The monoisotopic (exact) mass is 511 g/mol. The van der Waals surface area contributed by atoms with Crippen LogP contribution in [0.5, 0.6) is 0 Å². The van der Waals surface area contributed by atoms with Crippen LogP contribution in [-0.2, 0) is 21.2 Å². The van der Waals surface area contributed by atoms with E-state index in [-0.39, 0.29) is 30.0 Å². The molecule has 0 saturated carbocycles. The number of nitrogens with zero attached hydrogens (tertiary/aromatic N) is 2. The van der Waals surface area contributed by atoms with Gasteiger partial charge in [0.2, 0.25) is 15.0 Å². The zero-order chi connectivity index (χ0) is 25.7. The van der Waals surface area contributed by atoms with Crippen LogP contribution < -0.4 is 5.56 Å². The zero-order valence-electron chi connectivity index (χ0n) is 19.3.